The van der Waals surface area contributed by atoms with Crippen LogP contribution in [0.25, 0.3) is 11.0 Å². The van der Waals surface area contributed by atoms with Crippen molar-refractivity contribution in [1.82, 2.24) is 14.8 Å². The van der Waals surface area contributed by atoms with Gasteiger partial charge in [0, 0.05) is 18.9 Å². The number of aliphatic carboxylic acids is 1. The number of carboxylic acid groups (broad SMARTS) is 1. The quantitative estimate of drug-likeness (QED) is 0.860. The average Bonchev–Trinajstić information content (AvgIpc) is 2.77. The van der Waals surface area contributed by atoms with E-state index in [1.165, 1.54) is 0 Å². The van der Waals surface area contributed by atoms with Gasteiger partial charge in [-0.3, -0.25) is 4.68 Å². The number of nitrogens with zero attached hydrogens (tertiary/aromatic N) is 3. The fraction of sp³-hybridized carbons (Fsp3) is 0.462. The molecule has 0 aliphatic heterocycles. The Morgan fingerprint density at radius 1 is 1.58 bits per heavy atom. The maximum atomic E-state index is 11.3. The van der Waals surface area contributed by atoms with Crippen molar-refractivity contribution in [3.05, 3.63) is 18.5 Å². The van der Waals surface area contributed by atoms with Crippen LogP contribution in [0.1, 0.15) is 20.3 Å². The number of aromatic nitrogens is 3. The molecule has 0 aromatic carbocycles. The third-order valence-corrected chi connectivity index (χ3v) is 3.43. The summed E-state index contributed by atoms with van der Waals surface area (Å²) >= 11 is 0. The molecule has 0 radical (unpaired) electrons. The Morgan fingerprint density at radius 3 is 2.95 bits per heavy atom. The van der Waals surface area contributed by atoms with Crippen molar-refractivity contribution in [2.24, 2.45) is 13.0 Å². The van der Waals surface area contributed by atoms with Crippen molar-refractivity contribution >= 4 is 22.7 Å². The molecule has 0 spiro atoms. The first-order valence-electron chi connectivity index (χ1n) is 6.30. The predicted octanol–water partition coefficient (Wildman–Crippen LogP) is 1.88. The summed E-state index contributed by atoms with van der Waals surface area (Å²) in [5.41, 5.74) is 1.49. The number of nitrogens with one attached hydrogen (secondary N) is 1. The molecule has 0 amide bonds. The van der Waals surface area contributed by atoms with E-state index < -0.39 is 12.0 Å². The van der Waals surface area contributed by atoms with Gasteiger partial charge < -0.3 is 10.4 Å². The molecule has 0 bridgehead atoms. The molecule has 0 aliphatic carbocycles. The average molecular weight is 262 g/mol. The van der Waals surface area contributed by atoms with Gasteiger partial charge in [0.05, 0.1) is 11.6 Å². The molecular formula is C13H18N4O2. The van der Waals surface area contributed by atoms with Crippen LogP contribution < -0.4 is 5.32 Å². The maximum Gasteiger partial charge on any atom is 0.326 e. The van der Waals surface area contributed by atoms with Gasteiger partial charge in [0.1, 0.15) is 6.04 Å². The zero-order chi connectivity index (χ0) is 14.0. The number of pyridine rings is 1. The smallest absolute Gasteiger partial charge is 0.326 e. The molecule has 2 N–H and O–H groups in total. The fourth-order valence-corrected chi connectivity index (χ4v) is 2.02. The van der Waals surface area contributed by atoms with Crippen LogP contribution in [0.5, 0.6) is 0 Å². The van der Waals surface area contributed by atoms with Crippen molar-refractivity contribution in [2.45, 2.75) is 26.3 Å². The van der Waals surface area contributed by atoms with Gasteiger partial charge in [0.15, 0.2) is 5.65 Å². The van der Waals surface area contributed by atoms with Gasteiger partial charge in [-0.25, -0.2) is 9.78 Å². The van der Waals surface area contributed by atoms with Crippen LogP contribution in [-0.4, -0.2) is 31.9 Å². The number of rotatable bonds is 5. The predicted molar refractivity (Wildman–Crippen MR) is 73.0 cm³/mol. The van der Waals surface area contributed by atoms with Crippen LogP contribution in [0.15, 0.2) is 18.5 Å². The van der Waals surface area contributed by atoms with Gasteiger partial charge >= 0.3 is 5.97 Å². The Labute approximate surface area is 111 Å². The van der Waals surface area contributed by atoms with Crippen molar-refractivity contribution in [3.63, 3.8) is 0 Å². The van der Waals surface area contributed by atoms with Crippen LogP contribution in [0.3, 0.4) is 0 Å². The minimum Gasteiger partial charge on any atom is -0.480 e. The van der Waals surface area contributed by atoms with E-state index in [1.807, 2.05) is 20.9 Å². The SMILES string of the molecule is CC[C@H](C)[C@H](Nc1ccnc2c1cnn2C)C(=O)O. The zero-order valence-corrected chi connectivity index (χ0v) is 11.3. The van der Waals surface area contributed by atoms with Crippen LogP contribution in [0.2, 0.25) is 0 Å². The minimum absolute atomic E-state index is 0.0392. The third-order valence-electron chi connectivity index (χ3n) is 3.43. The number of hydrogen-bond acceptors (Lipinski definition) is 4. The van der Waals surface area contributed by atoms with E-state index in [0.717, 1.165) is 23.1 Å². The summed E-state index contributed by atoms with van der Waals surface area (Å²) in [5, 5.41) is 17.4. The van der Waals surface area contributed by atoms with E-state index in [1.54, 1.807) is 23.1 Å². The Balaban J connectivity index is 2.36. The Kier molecular flexibility index (Phi) is 3.69. The fourth-order valence-electron chi connectivity index (χ4n) is 2.02. The van der Waals surface area contributed by atoms with Gasteiger partial charge in [-0.05, 0) is 12.0 Å². The van der Waals surface area contributed by atoms with Crippen molar-refractivity contribution in [2.75, 3.05) is 5.32 Å². The second-order valence-corrected chi connectivity index (χ2v) is 4.71. The number of anilines is 1. The lowest BCUT2D eigenvalue weighted by molar-refractivity contribution is -0.139. The highest BCUT2D eigenvalue weighted by atomic mass is 16.4. The zero-order valence-electron chi connectivity index (χ0n) is 11.3. The molecule has 2 aromatic rings. The first-order valence-corrected chi connectivity index (χ1v) is 6.30. The molecular weight excluding hydrogens is 244 g/mol. The summed E-state index contributed by atoms with van der Waals surface area (Å²) in [6.45, 7) is 3.90. The van der Waals surface area contributed by atoms with E-state index in [9.17, 15) is 9.90 Å². The molecule has 2 rings (SSSR count). The highest BCUT2D eigenvalue weighted by Gasteiger charge is 2.24. The largest absolute Gasteiger partial charge is 0.480 e. The molecule has 6 heteroatoms. The van der Waals surface area contributed by atoms with Crippen molar-refractivity contribution in [3.8, 4) is 0 Å². The summed E-state index contributed by atoms with van der Waals surface area (Å²) in [5.74, 6) is -0.805. The highest BCUT2D eigenvalue weighted by Crippen LogP contribution is 2.23. The lowest BCUT2D eigenvalue weighted by atomic mass is 9.99. The lowest BCUT2D eigenvalue weighted by Crippen LogP contribution is -2.35. The van der Waals surface area contributed by atoms with Gasteiger partial charge in [-0.15, -0.1) is 0 Å². The Morgan fingerprint density at radius 2 is 2.32 bits per heavy atom. The van der Waals surface area contributed by atoms with E-state index in [-0.39, 0.29) is 5.92 Å². The van der Waals surface area contributed by atoms with Crippen LogP contribution in [-0.2, 0) is 11.8 Å². The molecule has 6 nitrogen and oxygen atoms in total. The summed E-state index contributed by atoms with van der Waals surface area (Å²) in [6.07, 6.45) is 4.15. The molecule has 0 unspecified atom stereocenters. The third kappa shape index (κ3) is 2.52. The highest BCUT2D eigenvalue weighted by molar-refractivity contribution is 5.90. The number of hydrogen-bond donors (Lipinski definition) is 2. The summed E-state index contributed by atoms with van der Waals surface area (Å²) in [6, 6.07) is 1.17. The Hall–Kier alpha value is -2.11. The molecule has 2 atom stereocenters. The number of aryl methyl sites for hydroxylation is 1. The van der Waals surface area contributed by atoms with Crippen LogP contribution in [0.4, 0.5) is 5.69 Å². The van der Waals surface area contributed by atoms with Gasteiger partial charge in [0.2, 0.25) is 0 Å². The number of carbonyl (C=O) groups is 1. The number of carboxylic acids is 1. The normalized spacial score (nSPS) is 14.3. The van der Waals surface area contributed by atoms with Gasteiger partial charge in [-0.2, -0.15) is 5.10 Å². The monoisotopic (exact) mass is 262 g/mol. The first kappa shape index (κ1) is 13.3. The van der Waals surface area contributed by atoms with Crippen LogP contribution in [0, 0.1) is 5.92 Å². The van der Waals surface area contributed by atoms with Crippen LogP contribution >= 0.6 is 0 Å². The number of fused-ring (bicyclic) bond motifs is 1. The second kappa shape index (κ2) is 5.26. The molecule has 0 aliphatic rings. The molecule has 102 valence electrons. The second-order valence-electron chi connectivity index (χ2n) is 4.71. The molecule has 2 aromatic heterocycles. The molecule has 0 saturated heterocycles. The summed E-state index contributed by atoms with van der Waals surface area (Å²) in [4.78, 5) is 15.6. The summed E-state index contributed by atoms with van der Waals surface area (Å²) < 4.78 is 1.67. The van der Waals surface area contributed by atoms with Crippen molar-refractivity contribution in [1.29, 1.82) is 0 Å². The van der Waals surface area contributed by atoms with Gasteiger partial charge in [-0.1, -0.05) is 20.3 Å². The molecule has 19 heavy (non-hydrogen) atoms. The van der Waals surface area contributed by atoms with Gasteiger partial charge in [0.25, 0.3) is 0 Å². The summed E-state index contributed by atoms with van der Waals surface area (Å²) in [7, 11) is 1.81. The standard InChI is InChI=1S/C13H18N4O2/c1-4-8(2)11(13(18)19)16-10-5-6-14-12-9(10)7-15-17(12)3/h5-8,11H,4H2,1-3H3,(H,14,16)(H,18,19)/t8-,11-/m0/s1. The van der Waals surface area contributed by atoms with E-state index in [4.69, 9.17) is 0 Å². The minimum atomic E-state index is -0.844. The Bertz CT molecular complexity index is 593. The maximum absolute atomic E-state index is 11.3. The lowest BCUT2D eigenvalue weighted by Gasteiger charge is -2.21. The first-order chi connectivity index (χ1) is 9.04. The molecule has 2 heterocycles. The van der Waals surface area contributed by atoms with E-state index in [0.29, 0.717) is 0 Å². The molecule has 0 saturated carbocycles. The van der Waals surface area contributed by atoms with E-state index in [2.05, 4.69) is 15.4 Å². The van der Waals surface area contributed by atoms with E-state index >= 15 is 0 Å². The topological polar surface area (TPSA) is 80.0 Å². The molecule has 0 fully saturated rings. The van der Waals surface area contributed by atoms with Crippen molar-refractivity contribution < 1.29 is 9.90 Å².